The molecule has 1 aromatic heterocycles. The van der Waals surface area contributed by atoms with E-state index in [1.165, 1.54) is 11.1 Å². The predicted octanol–water partition coefficient (Wildman–Crippen LogP) is 7.22. The number of thioether (sulfide) groups is 1. The Balaban J connectivity index is 1.23. The van der Waals surface area contributed by atoms with E-state index in [2.05, 4.69) is 58.8 Å². The van der Waals surface area contributed by atoms with E-state index in [0.717, 1.165) is 33.9 Å². The lowest BCUT2D eigenvalue weighted by Gasteiger charge is -2.19. The lowest BCUT2D eigenvalue weighted by atomic mass is 10.1. The van der Waals surface area contributed by atoms with Gasteiger partial charge in [0.2, 0.25) is 11.0 Å². The molecule has 0 aliphatic carbocycles. The minimum atomic E-state index is -0.452. The normalized spacial score (nSPS) is 13.9. The van der Waals surface area contributed by atoms with Crippen LogP contribution in [0.5, 0.6) is 11.6 Å². The highest BCUT2D eigenvalue weighted by Crippen LogP contribution is 2.39. The Morgan fingerprint density at radius 1 is 0.816 bits per heavy atom. The molecular formula is C31H26N4O2S. The summed E-state index contributed by atoms with van der Waals surface area (Å²) in [5.41, 5.74) is 6.97. The quantitative estimate of drug-likeness (QED) is 0.228. The minimum Gasteiger partial charge on any atom is -0.489 e. The maximum absolute atomic E-state index is 6.42. The van der Waals surface area contributed by atoms with Gasteiger partial charge in [-0.05, 0) is 48.4 Å². The Bertz CT molecular complexity index is 1530. The Kier molecular flexibility index (Phi) is 6.91. The van der Waals surface area contributed by atoms with Crippen LogP contribution in [0, 0.1) is 6.92 Å². The third-order valence-electron chi connectivity index (χ3n) is 6.25. The summed E-state index contributed by atoms with van der Waals surface area (Å²) < 4.78 is 12.4. The van der Waals surface area contributed by atoms with Gasteiger partial charge < -0.3 is 14.8 Å². The molecule has 4 aromatic carbocycles. The summed E-state index contributed by atoms with van der Waals surface area (Å²) in [5.74, 6) is 2.01. The average molecular weight is 519 g/mol. The number of anilines is 1. The van der Waals surface area contributed by atoms with Crippen LogP contribution in [-0.4, -0.2) is 15.2 Å². The van der Waals surface area contributed by atoms with E-state index in [1.807, 2.05) is 66.7 Å². The first-order chi connectivity index (χ1) is 18.7. The van der Waals surface area contributed by atoms with Gasteiger partial charge in [-0.25, -0.2) is 0 Å². The highest BCUT2D eigenvalue weighted by Gasteiger charge is 2.26. The second-order valence-electron chi connectivity index (χ2n) is 9.05. The fraction of sp³-hybridized carbons (Fsp3) is 0.129. The van der Waals surface area contributed by atoms with Crippen LogP contribution in [-0.2, 0) is 12.4 Å². The minimum absolute atomic E-state index is 0.452. The molecule has 6 rings (SSSR count). The van der Waals surface area contributed by atoms with Crippen LogP contribution >= 0.6 is 11.8 Å². The number of rotatable bonds is 7. The number of aromatic nitrogens is 3. The summed E-state index contributed by atoms with van der Waals surface area (Å²) in [6.07, 6.45) is -0.452. The zero-order valence-corrected chi connectivity index (χ0v) is 21.7. The van der Waals surface area contributed by atoms with E-state index in [-0.39, 0.29) is 0 Å². The maximum atomic E-state index is 6.42. The van der Waals surface area contributed by atoms with Crippen molar-refractivity contribution in [3.8, 4) is 22.9 Å². The number of fused-ring (bicyclic) bond motifs is 3. The molecule has 0 amide bonds. The van der Waals surface area contributed by atoms with Crippen molar-refractivity contribution in [1.29, 1.82) is 0 Å². The van der Waals surface area contributed by atoms with Crippen LogP contribution in [0.15, 0.2) is 108 Å². The van der Waals surface area contributed by atoms with E-state index < -0.39 is 6.23 Å². The van der Waals surface area contributed by atoms with E-state index in [0.29, 0.717) is 23.3 Å². The fourth-order valence-corrected chi connectivity index (χ4v) is 4.91. The molecule has 0 fully saturated rings. The summed E-state index contributed by atoms with van der Waals surface area (Å²) in [6.45, 7) is 2.60. The van der Waals surface area contributed by atoms with Gasteiger partial charge in [0.25, 0.3) is 0 Å². The SMILES string of the molecule is Cc1ccc(CSc2nnc3c(n2)O[C@H](c2ccc(OCc4ccccc4)cc2)Nc2ccccc2-3)cc1. The molecule has 38 heavy (non-hydrogen) atoms. The number of ether oxygens (including phenoxy) is 2. The fourth-order valence-electron chi connectivity index (χ4n) is 4.17. The van der Waals surface area contributed by atoms with Gasteiger partial charge in [-0.2, -0.15) is 4.98 Å². The molecule has 0 saturated heterocycles. The summed E-state index contributed by atoms with van der Waals surface area (Å²) >= 11 is 1.54. The molecule has 2 heterocycles. The summed E-state index contributed by atoms with van der Waals surface area (Å²) in [7, 11) is 0. The number of hydrogen-bond acceptors (Lipinski definition) is 7. The second-order valence-corrected chi connectivity index (χ2v) is 10.00. The lowest BCUT2D eigenvalue weighted by molar-refractivity contribution is 0.225. The van der Waals surface area contributed by atoms with Crippen molar-refractivity contribution in [3.63, 3.8) is 0 Å². The summed E-state index contributed by atoms with van der Waals surface area (Å²) in [4.78, 5) is 4.76. The van der Waals surface area contributed by atoms with Crippen molar-refractivity contribution in [2.45, 2.75) is 30.7 Å². The molecule has 1 N–H and O–H groups in total. The average Bonchev–Trinajstić information content (AvgIpc) is 3.13. The highest BCUT2D eigenvalue weighted by atomic mass is 32.2. The van der Waals surface area contributed by atoms with Gasteiger partial charge in [-0.3, -0.25) is 0 Å². The molecule has 5 aromatic rings. The van der Waals surface area contributed by atoms with Gasteiger partial charge in [0.15, 0.2) is 11.9 Å². The zero-order chi connectivity index (χ0) is 25.7. The molecule has 0 saturated carbocycles. The number of nitrogens with one attached hydrogen (secondary N) is 1. The van der Waals surface area contributed by atoms with Crippen molar-refractivity contribution in [2.24, 2.45) is 0 Å². The number of para-hydroxylation sites is 1. The van der Waals surface area contributed by atoms with Gasteiger partial charge in [-0.15, -0.1) is 10.2 Å². The van der Waals surface area contributed by atoms with Crippen molar-refractivity contribution in [3.05, 3.63) is 125 Å². The second kappa shape index (κ2) is 10.9. The van der Waals surface area contributed by atoms with Gasteiger partial charge in [-0.1, -0.05) is 90.1 Å². The molecule has 0 bridgehead atoms. The number of nitrogens with zero attached hydrogens (tertiary/aromatic N) is 3. The smallest absolute Gasteiger partial charge is 0.247 e. The first-order valence-corrected chi connectivity index (χ1v) is 13.4. The molecule has 6 nitrogen and oxygen atoms in total. The largest absolute Gasteiger partial charge is 0.489 e. The van der Waals surface area contributed by atoms with E-state index in [1.54, 1.807) is 11.8 Å². The van der Waals surface area contributed by atoms with E-state index in [4.69, 9.17) is 14.5 Å². The van der Waals surface area contributed by atoms with Gasteiger partial charge >= 0.3 is 0 Å². The Morgan fingerprint density at radius 2 is 1.58 bits per heavy atom. The van der Waals surface area contributed by atoms with Crippen LogP contribution in [0.1, 0.15) is 28.5 Å². The Morgan fingerprint density at radius 3 is 2.39 bits per heavy atom. The van der Waals surface area contributed by atoms with Gasteiger partial charge in [0.1, 0.15) is 12.4 Å². The number of hydrogen-bond donors (Lipinski definition) is 1. The highest BCUT2D eigenvalue weighted by molar-refractivity contribution is 7.98. The third-order valence-corrected chi connectivity index (χ3v) is 7.16. The van der Waals surface area contributed by atoms with E-state index >= 15 is 0 Å². The van der Waals surface area contributed by atoms with Crippen molar-refractivity contribution < 1.29 is 9.47 Å². The van der Waals surface area contributed by atoms with Crippen molar-refractivity contribution >= 4 is 17.4 Å². The molecule has 1 aliphatic heterocycles. The Hall–Kier alpha value is -4.36. The first-order valence-electron chi connectivity index (χ1n) is 12.4. The molecule has 7 heteroatoms. The number of aryl methyl sites for hydroxylation is 1. The summed E-state index contributed by atoms with van der Waals surface area (Å²) in [5, 5.41) is 13.0. The van der Waals surface area contributed by atoms with Gasteiger partial charge in [0, 0.05) is 22.6 Å². The molecule has 0 spiro atoms. The topological polar surface area (TPSA) is 69.2 Å². The molecule has 0 unspecified atom stereocenters. The molecule has 1 atom stereocenters. The standard InChI is InChI=1S/C31H26N4O2S/c1-21-11-13-23(14-12-21)20-38-31-33-30-28(34-35-31)26-9-5-6-10-27(26)32-29(37-30)24-15-17-25(18-16-24)36-19-22-7-3-2-4-8-22/h2-18,29,32H,19-20H2,1H3/t29-/m1/s1. The third kappa shape index (κ3) is 5.48. The van der Waals surface area contributed by atoms with Crippen LogP contribution in [0.25, 0.3) is 11.3 Å². The monoisotopic (exact) mass is 518 g/mol. The maximum Gasteiger partial charge on any atom is 0.247 e. The zero-order valence-electron chi connectivity index (χ0n) is 20.9. The Labute approximate surface area is 226 Å². The van der Waals surface area contributed by atoms with E-state index in [9.17, 15) is 0 Å². The van der Waals surface area contributed by atoms with Crippen LogP contribution in [0.4, 0.5) is 5.69 Å². The molecular weight excluding hydrogens is 492 g/mol. The predicted molar refractivity (Wildman–Crippen MR) is 150 cm³/mol. The first kappa shape index (κ1) is 24.0. The summed E-state index contributed by atoms with van der Waals surface area (Å²) in [6, 6.07) is 34.5. The van der Waals surface area contributed by atoms with Crippen molar-refractivity contribution in [1.82, 2.24) is 15.2 Å². The molecule has 0 radical (unpaired) electrons. The van der Waals surface area contributed by atoms with Gasteiger partial charge in [0.05, 0.1) is 0 Å². The molecule has 1 aliphatic rings. The lowest BCUT2D eigenvalue weighted by Crippen LogP contribution is -2.17. The van der Waals surface area contributed by atoms with Crippen LogP contribution in [0.3, 0.4) is 0 Å². The van der Waals surface area contributed by atoms with Crippen LogP contribution in [0.2, 0.25) is 0 Å². The number of benzene rings is 4. The van der Waals surface area contributed by atoms with Crippen LogP contribution < -0.4 is 14.8 Å². The van der Waals surface area contributed by atoms with Crippen molar-refractivity contribution in [2.75, 3.05) is 5.32 Å². The molecule has 188 valence electrons.